The summed E-state index contributed by atoms with van der Waals surface area (Å²) >= 11 is 0. The molecule has 0 aliphatic carbocycles. The van der Waals surface area contributed by atoms with Crippen LogP contribution < -0.4 is 0 Å². The number of Topliss-reactive ketones (excluding diaryl/α,β-unsaturated/α-hetero) is 1. The van der Waals surface area contributed by atoms with Gasteiger partial charge < -0.3 is 23.7 Å². The molecule has 0 aliphatic heterocycles. The fourth-order valence-corrected chi connectivity index (χ4v) is 1.77. The van der Waals surface area contributed by atoms with Gasteiger partial charge in [0.15, 0.2) is 0 Å². The Labute approximate surface area is 153 Å². The molecule has 0 heterocycles. The molecule has 0 aromatic rings. The van der Waals surface area contributed by atoms with Gasteiger partial charge in [-0.15, -0.1) is 0 Å². The van der Waals surface area contributed by atoms with E-state index in [1.165, 1.54) is 0 Å². The van der Waals surface area contributed by atoms with Crippen LogP contribution >= 0.6 is 0 Å². The lowest BCUT2D eigenvalue weighted by Gasteiger charge is -2.16. The third-order valence-electron chi connectivity index (χ3n) is 3.44. The minimum atomic E-state index is -0.289. The van der Waals surface area contributed by atoms with Crippen LogP contribution in [-0.4, -0.2) is 71.9 Å². The second kappa shape index (κ2) is 16.9. The van der Waals surface area contributed by atoms with Gasteiger partial charge in [0.05, 0.1) is 59.5 Å². The van der Waals surface area contributed by atoms with Crippen molar-refractivity contribution in [1.82, 2.24) is 0 Å². The van der Waals surface area contributed by atoms with Gasteiger partial charge in [-0.1, -0.05) is 34.1 Å². The molecule has 0 aromatic heterocycles. The molecular weight excluding hydrogens is 324 g/mol. The van der Waals surface area contributed by atoms with E-state index in [-0.39, 0.29) is 11.2 Å². The van der Waals surface area contributed by atoms with Gasteiger partial charge in [-0.2, -0.15) is 0 Å². The number of rotatable bonds is 18. The first-order chi connectivity index (χ1) is 12.0. The Morgan fingerprint density at radius 3 is 1.36 bits per heavy atom. The van der Waals surface area contributed by atoms with Gasteiger partial charge in [-0.3, -0.25) is 4.79 Å². The highest BCUT2D eigenvalue weighted by Gasteiger charge is 2.20. The largest absolute Gasteiger partial charge is 0.379 e. The Morgan fingerprint density at radius 2 is 1.00 bits per heavy atom. The smallest absolute Gasteiger partial charge is 0.140 e. The maximum atomic E-state index is 11.7. The van der Waals surface area contributed by atoms with Crippen LogP contribution in [0, 0.1) is 5.41 Å². The van der Waals surface area contributed by atoms with Crippen molar-refractivity contribution in [1.29, 1.82) is 0 Å². The van der Waals surface area contributed by atoms with Gasteiger partial charge in [0, 0.05) is 18.4 Å². The maximum absolute atomic E-state index is 11.7. The molecule has 0 radical (unpaired) electrons. The molecule has 0 saturated heterocycles. The highest BCUT2D eigenvalue weighted by atomic mass is 16.6. The van der Waals surface area contributed by atoms with Crippen LogP contribution in [0.2, 0.25) is 0 Å². The first-order valence-corrected chi connectivity index (χ1v) is 9.40. The van der Waals surface area contributed by atoms with Crippen LogP contribution in [0.5, 0.6) is 0 Å². The summed E-state index contributed by atoms with van der Waals surface area (Å²) < 4.78 is 27.0. The molecule has 6 nitrogen and oxygen atoms in total. The number of hydrogen-bond donors (Lipinski definition) is 0. The molecule has 0 amide bonds. The number of unbranched alkanes of at least 4 members (excludes halogenated alkanes) is 1. The minimum Gasteiger partial charge on any atom is -0.379 e. The van der Waals surface area contributed by atoms with E-state index in [1.54, 1.807) is 0 Å². The summed E-state index contributed by atoms with van der Waals surface area (Å²) in [6.45, 7) is 13.6. The van der Waals surface area contributed by atoms with Crippen molar-refractivity contribution in [3.63, 3.8) is 0 Å². The molecule has 150 valence electrons. The van der Waals surface area contributed by atoms with Crippen molar-refractivity contribution in [2.75, 3.05) is 66.1 Å². The van der Waals surface area contributed by atoms with Crippen LogP contribution in [0.15, 0.2) is 0 Å². The standard InChI is InChI=1S/C19H38O6/c1-5-6-8-21-10-12-23-14-16-25-17-15-24-13-11-22-9-7-18(20)19(2,3)4/h5-17H2,1-4H3. The van der Waals surface area contributed by atoms with E-state index in [0.29, 0.717) is 65.9 Å². The lowest BCUT2D eigenvalue weighted by molar-refractivity contribution is -0.127. The quantitative estimate of drug-likeness (QED) is 0.349. The molecule has 6 heteroatoms. The van der Waals surface area contributed by atoms with Gasteiger partial charge >= 0.3 is 0 Å². The first kappa shape index (κ1) is 24.5. The number of ether oxygens (including phenoxy) is 5. The number of ketones is 1. The molecule has 0 aliphatic rings. The third kappa shape index (κ3) is 18.1. The maximum Gasteiger partial charge on any atom is 0.140 e. The summed E-state index contributed by atoms with van der Waals surface area (Å²) in [7, 11) is 0. The van der Waals surface area contributed by atoms with E-state index in [0.717, 1.165) is 19.4 Å². The monoisotopic (exact) mass is 362 g/mol. The summed E-state index contributed by atoms with van der Waals surface area (Å²) in [4.78, 5) is 11.7. The fraction of sp³-hybridized carbons (Fsp3) is 0.947. The predicted octanol–water partition coefficient (Wildman–Crippen LogP) is 2.87. The zero-order valence-electron chi connectivity index (χ0n) is 16.6. The molecule has 0 spiro atoms. The third-order valence-corrected chi connectivity index (χ3v) is 3.44. The van der Waals surface area contributed by atoms with Crippen LogP contribution in [0.4, 0.5) is 0 Å². The molecular formula is C19H38O6. The van der Waals surface area contributed by atoms with Crippen LogP contribution in [-0.2, 0) is 28.5 Å². The summed E-state index contributed by atoms with van der Waals surface area (Å²) in [5.74, 6) is 0.219. The van der Waals surface area contributed by atoms with Gasteiger partial charge in [0.25, 0.3) is 0 Å². The summed E-state index contributed by atoms with van der Waals surface area (Å²) in [5.41, 5.74) is -0.289. The summed E-state index contributed by atoms with van der Waals surface area (Å²) in [6.07, 6.45) is 2.71. The number of carbonyl (C=O) groups excluding carboxylic acids is 1. The average Bonchev–Trinajstić information content (AvgIpc) is 2.56. The van der Waals surface area contributed by atoms with Crippen LogP contribution in [0.25, 0.3) is 0 Å². The van der Waals surface area contributed by atoms with Crippen LogP contribution in [0.3, 0.4) is 0 Å². The van der Waals surface area contributed by atoms with E-state index in [2.05, 4.69) is 6.92 Å². The van der Waals surface area contributed by atoms with Crippen molar-refractivity contribution in [3.05, 3.63) is 0 Å². The Kier molecular flexibility index (Phi) is 16.6. The van der Waals surface area contributed by atoms with E-state index in [1.807, 2.05) is 20.8 Å². The lowest BCUT2D eigenvalue weighted by Crippen LogP contribution is -2.22. The van der Waals surface area contributed by atoms with E-state index < -0.39 is 0 Å². The number of carbonyl (C=O) groups is 1. The molecule has 0 bridgehead atoms. The van der Waals surface area contributed by atoms with Gasteiger partial charge in [-0.05, 0) is 6.42 Å². The Bertz CT molecular complexity index is 301. The zero-order valence-corrected chi connectivity index (χ0v) is 16.6. The zero-order chi connectivity index (χ0) is 18.8. The van der Waals surface area contributed by atoms with Crippen molar-refractivity contribution in [2.45, 2.75) is 47.0 Å². The predicted molar refractivity (Wildman–Crippen MR) is 98.1 cm³/mol. The molecule has 0 N–H and O–H groups in total. The SMILES string of the molecule is CCCCOCCOCCOCCOCCOCCC(=O)C(C)(C)C. The number of hydrogen-bond acceptors (Lipinski definition) is 6. The average molecular weight is 363 g/mol. The van der Waals surface area contributed by atoms with Crippen LogP contribution in [0.1, 0.15) is 47.0 Å². The highest BCUT2D eigenvalue weighted by Crippen LogP contribution is 2.16. The second-order valence-corrected chi connectivity index (χ2v) is 6.84. The first-order valence-electron chi connectivity index (χ1n) is 9.40. The molecule has 0 atom stereocenters. The molecule has 0 rings (SSSR count). The lowest BCUT2D eigenvalue weighted by atomic mass is 9.89. The van der Waals surface area contributed by atoms with Gasteiger partial charge in [0.1, 0.15) is 5.78 Å². The normalized spacial score (nSPS) is 11.8. The summed E-state index contributed by atoms with van der Waals surface area (Å²) in [6, 6.07) is 0. The Balaban J connectivity index is 3.11. The second-order valence-electron chi connectivity index (χ2n) is 6.84. The van der Waals surface area contributed by atoms with E-state index in [9.17, 15) is 4.79 Å². The molecule has 0 fully saturated rings. The fourth-order valence-electron chi connectivity index (χ4n) is 1.77. The van der Waals surface area contributed by atoms with Crippen molar-refractivity contribution >= 4 is 5.78 Å². The topological polar surface area (TPSA) is 63.2 Å². The molecule has 0 aromatic carbocycles. The molecule has 25 heavy (non-hydrogen) atoms. The molecule has 0 unspecified atom stereocenters. The Hall–Kier alpha value is -0.530. The van der Waals surface area contributed by atoms with Gasteiger partial charge in [0.2, 0.25) is 0 Å². The van der Waals surface area contributed by atoms with E-state index >= 15 is 0 Å². The Morgan fingerprint density at radius 1 is 0.640 bits per heavy atom. The molecule has 0 saturated carbocycles. The van der Waals surface area contributed by atoms with Crippen molar-refractivity contribution in [3.8, 4) is 0 Å². The minimum absolute atomic E-state index is 0.219. The highest BCUT2D eigenvalue weighted by molar-refractivity contribution is 5.83. The van der Waals surface area contributed by atoms with E-state index in [4.69, 9.17) is 23.7 Å². The van der Waals surface area contributed by atoms with Crippen molar-refractivity contribution < 1.29 is 28.5 Å². The van der Waals surface area contributed by atoms with Gasteiger partial charge in [-0.25, -0.2) is 0 Å². The van der Waals surface area contributed by atoms with Crippen molar-refractivity contribution in [2.24, 2.45) is 5.41 Å². The summed E-state index contributed by atoms with van der Waals surface area (Å²) in [5, 5.41) is 0.